The molecule has 3 heterocycles. The van der Waals surface area contributed by atoms with Gasteiger partial charge in [0.2, 0.25) is 5.91 Å². The molecular formula is C16H26N4OS. The molecule has 0 bridgehead atoms. The fourth-order valence-electron chi connectivity index (χ4n) is 3.54. The van der Waals surface area contributed by atoms with Crippen LogP contribution in [0.3, 0.4) is 0 Å². The van der Waals surface area contributed by atoms with E-state index in [2.05, 4.69) is 28.7 Å². The normalized spacial score (nSPS) is 22.7. The average molecular weight is 322 g/mol. The summed E-state index contributed by atoms with van der Waals surface area (Å²) in [7, 11) is 0. The van der Waals surface area contributed by atoms with Crippen LogP contribution in [0.2, 0.25) is 0 Å². The maximum atomic E-state index is 12.8. The van der Waals surface area contributed by atoms with Gasteiger partial charge < -0.3 is 4.90 Å². The molecule has 0 spiro atoms. The molecule has 0 aliphatic carbocycles. The molecule has 0 unspecified atom stereocenters. The van der Waals surface area contributed by atoms with Crippen LogP contribution in [0.15, 0.2) is 18.5 Å². The Bertz CT molecular complexity index is 465. The molecule has 6 heteroatoms. The quantitative estimate of drug-likeness (QED) is 0.849. The van der Waals surface area contributed by atoms with Crippen LogP contribution in [0.4, 0.5) is 0 Å². The largest absolute Gasteiger partial charge is 0.341 e. The van der Waals surface area contributed by atoms with Crippen molar-refractivity contribution in [3.05, 3.63) is 18.5 Å². The lowest BCUT2D eigenvalue weighted by Gasteiger charge is -2.40. The highest BCUT2D eigenvalue weighted by Crippen LogP contribution is 2.23. The van der Waals surface area contributed by atoms with E-state index in [0.717, 1.165) is 32.4 Å². The smallest absolute Gasteiger partial charge is 0.247 e. The lowest BCUT2D eigenvalue weighted by Crippen LogP contribution is -2.50. The van der Waals surface area contributed by atoms with E-state index in [0.29, 0.717) is 6.04 Å². The topological polar surface area (TPSA) is 41.4 Å². The molecule has 1 aromatic heterocycles. The van der Waals surface area contributed by atoms with Gasteiger partial charge in [-0.05, 0) is 25.3 Å². The summed E-state index contributed by atoms with van der Waals surface area (Å²) in [6, 6.07) is 2.42. The number of hydrogen-bond donors (Lipinski definition) is 0. The van der Waals surface area contributed by atoms with Crippen LogP contribution < -0.4 is 0 Å². The van der Waals surface area contributed by atoms with Crippen molar-refractivity contribution in [2.24, 2.45) is 0 Å². The van der Waals surface area contributed by atoms with Crippen molar-refractivity contribution in [2.45, 2.75) is 38.3 Å². The third-order valence-electron chi connectivity index (χ3n) is 4.85. The number of aromatic nitrogens is 2. The molecule has 0 radical (unpaired) electrons. The van der Waals surface area contributed by atoms with Crippen LogP contribution in [0.25, 0.3) is 0 Å². The minimum Gasteiger partial charge on any atom is -0.341 e. The number of hydrogen-bond acceptors (Lipinski definition) is 4. The molecule has 1 amide bonds. The molecular weight excluding hydrogens is 296 g/mol. The zero-order chi connectivity index (χ0) is 15.4. The monoisotopic (exact) mass is 322 g/mol. The first kappa shape index (κ1) is 15.9. The first-order valence-electron chi connectivity index (χ1n) is 8.39. The van der Waals surface area contributed by atoms with E-state index in [1.165, 1.54) is 24.6 Å². The molecule has 0 aromatic carbocycles. The highest BCUT2D eigenvalue weighted by molar-refractivity contribution is 7.99. The zero-order valence-corrected chi connectivity index (χ0v) is 14.2. The molecule has 1 atom stereocenters. The second-order valence-electron chi connectivity index (χ2n) is 6.11. The van der Waals surface area contributed by atoms with E-state index in [1.54, 1.807) is 10.9 Å². The standard InChI is InChI=1S/C16H26N4OS/c1-2-15(20-7-3-6-17-20)16(21)19-8-4-14(5-9-19)18-10-12-22-13-11-18/h3,6-7,14-15H,2,4-5,8-13H2,1H3/t15-/m1/s1. The van der Waals surface area contributed by atoms with Gasteiger partial charge in [-0.15, -0.1) is 0 Å². The number of likely N-dealkylation sites (tertiary alicyclic amines) is 1. The SMILES string of the molecule is CC[C@H](C(=O)N1CCC(N2CCSCC2)CC1)n1cccn1. The number of thioether (sulfide) groups is 1. The zero-order valence-electron chi connectivity index (χ0n) is 13.4. The minimum atomic E-state index is -0.141. The molecule has 2 aliphatic rings. The summed E-state index contributed by atoms with van der Waals surface area (Å²) in [5.74, 6) is 2.76. The number of amides is 1. The van der Waals surface area contributed by atoms with Crippen LogP contribution in [0, 0.1) is 0 Å². The van der Waals surface area contributed by atoms with E-state index < -0.39 is 0 Å². The number of nitrogens with zero attached hydrogens (tertiary/aromatic N) is 4. The number of carbonyl (C=O) groups excluding carboxylic acids is 1. The van der Waals surface area contributed by atoms with E-state index in [4.69, 9.17) is 0 Å². The van der Waals surface area contributed by atoms with Crippen molar-refractivity contribution in [1.82, 2.24) is 19.6 Å². The Morgan fingerprint density at radius 2 is 2.00 bits per heavy atom. The van der Waals surface area contributed by atoms with Crippen molar-refractivity contribution in [1.29, 1.82) is 0 Å². The van der Waals surface area contributed by atoms with E-state index in [1.807, 2.05) is 17.2 Å². The van der Waals surface area contributed by atoms with Crippen LogP contribution in [0.1, 0.15) is 32.2 Å². The summed E-state index contributed by atoms with van der Waals surface area (Å²) in [4.78, 5) is 17.4. The van der Waals surface area contributed by atoms with Gasteiger partial charge in [0, 0.05) is 56.1 Å². The predicted molar refractivity (Wildman–Crippen MR) is 90.1 cm³/mol. The molecule has 1 aromatic rings. The lowest BCUT2D eigenvalue weighted by atomic mass is 10.0. The van der Waals surface area contributed by atoms with Gasteiger partial charge in [-0.3, -0.25) is 14.4 Å². The number of carbonyl (C=O) groups is 1. The first-order chi connectivity index (χ1) is 10.8. The molecule has 0 saturated carbocycles. The lowest BCUT2D eigenvalue weighted by molar-refractivity contribution is -0.136. The Morgan fingerprint density at radius 3 is 2.59 bits per heavy atom. The van der Waals surface area contributed by atoms with Gasteiger partial charge in [0.05, 0.1) is 0 Å². The third-order valence-corrected chi connectivity index (χ3v) is 5.80. The Balaban J connectivity index is 1.55. The van der Waals surface area contributed by atoms with Gasteiger partial charge in [-0.2, -0.15) is 16.9 Å². The summed E-state index contributed by atoms with van der Waals surface area (Å²) in [5.41, 5.74) is 0. The first-order valence-corrected chi connectivity index (χ1v) is 9.54. The van der Waals surface area contributed by atoms with Crippen molar-refractivity contribution in [3.8, 4) is 0 Å². The second-order valence-corrected chi connectivity index (χ2v) is 7.34. The highest BCUT2D eigenvalue weighted by Gasteiger charge is 2.31. The van der Waals surface area contributed by atoms with Crippen LogP contribution in [-0.4, -0.2) is 69.2 Å². The third kappa shape index (κ3) is 3.49. The van der Waals surface area contributed by atoms with E-state index in [9.17, 15) is 4.79 Å². The van der Waals surface area contributed by atoms with Gasteiger partial charge in [0.1, 0.15) is 6.04 Å². The summed E-state index contributed by atoms with van der Waals surface area (Å²) >= 11 is 2.06. The molecule has 2 saturated heterocycles. The van der Waals surface area contributed by atoms with Crippen molar-refractivity contribution >= 4 is 17.7 Å². The van der Waals surface area contributed by atoms with Gasteiger partial charge in [-0.1, -0.05) is 6.92 Å². The summed E-state index contributed by atoms with van der Waals surface area (Å²) in [5, 5.41) is 4.25. The van der Waals surface area contributed by atoms with Gasteiger partial charge in [0.25, 0.3) is 0 Å². The van der Waals surface area contributed by atoms with Crippen molar-refractivity contribution < 1.29 is 4.79 Å². The van der Waals surface area contributed by atoms with Crippen molar-refractivity contribution in [2.75, 3.05) is 37.7 Å². The Kier molecular flexibility index (Phi) is 5.41. The van der Waals surface area contributed by atoms with Gasteiger partial charge >= 0.3 is 0 Å². The number of piperidine rings is 1. The molecule has 0 N–H and O–H groups in total. The number of rotatable bonds is 4. The van der Waals surface area contributed by atoms with Crippen LogP contribution >= 0.6 is 11.8 Å². The van der Waals surface area contributed by atoms with Gasteiger partial charge in [0.15, 0.2) is 0 Å². The minimum absolute atomic E-state index is 0.141. The van der Waals surface area contributed by atoms with E-state index >= 15 is 0 Å². The van der Waals surface area contributed by atoms with Crippen LogP contribution in [-0.2, 0) is 4.79 Å². The Hall–Kier alpha value is -1.01. The second kappa shape index (κ2) is 7.51. The fraction of sp³-hybridized carbons (Fsp3) is 0.750. The maximum Gasteiger partial charge on any atom is 0.247 e. The van der Waals surface area contributed by atoms with Crippen LogP contribution in [0.5, 0.6) is 0 Å². The molecule has 2 fully saturated rings. The Labute approximate surface area is 137 Å². The molecule has 2 aliphatic heterocycles. The summed E-state index contributed by atoms with van der Waals surface area (Å²) < 4.78 is 1.80. The van der Waals surface area contributed by atoms with Gasteiger partial charge in [-0.25, -0.2) is 0 Å². The molecule has 5 nitrogen and oxygen atoms in total. The fourth-order valence-corrected chi connectivity index (χ4v) is 4.48. The molecule has 3 rings (SSSR count). The highest BCUT2D eigenvalue weighted by atomic mass is 32.2. The summed E-state index contributed by atoms with van der Waals surface area (Å²) in [6.07, 6.45) is 6.67. The maximum absolute atomic E-state index is 12.8. The average Bonchev–Trinajstić information content (AvgIpc) is 3.11. The Morgan fingerprint density at radius 1 is 1.27 bits per heavy atom. The molecule has 122 valence electrons. The summed E-state index contributed by atoms with van der Waals surface area (Å²) in [6.45, 7) is 6.28. The van der Waals surface area contributed by atoms with Crippen molar-refractivity contribution in [3.63, 3.8) is 0 Å². The predicted octanol–water partition coefficient (Wildman–Crippen LogP) is 1.87. The van der Waals surface area contributed by atoms with E-state index in [-0.39, 0.29) is 11.9 Å². The molecule has 22 heavy (non-hydrogen) atoms.